The van der Waals surface area contributed by atoms with Crippen molar-refractivity contribution in [2.75, 3.05) is 26.7 Å². The monoisotopic (exact) mass is 445 g/mol. The molecule has 1 aromatic rings. The zero-order valence-electron chi connectivity index (χ0n) is 17.3. The van der Waals surface area contributed by atoms with Crippen LogP contribution >= 0.6 is 0 Å². The van der Waals surface area contributed by atoms with Crippen LogP contribution in [0.4, 0.5) is 0 Å². The molecule has 2 aliphatic carbocycles. The van der Waals surface area contributed by atoms with Crippen molar-refractivity contribution in [3.05, 3.63) is 42.0 Å². The molecule has 1 heterocycles. The number of aliphatic imine (C=N–C) groups is 1. The van der Waals surface area contributed by atoms with Gasteiger partial charge in [-0.3, -0.25) is 19.5 Å². The maximum Gasteiger partial charge on any atom is 0.238 e. The second kappa shape index (κ2) is 8.43. The largest absolute Gasteiger partial charge is 0.356 e. The fourth-order valence-corrected chi connectivity index (χ4v) is 5.38. The van der Waals surface area contributed by atoms with Crippen LogP contribution in [0.25, 0.3) is 0 Å². The molecule has 4 rings (SSSR count). The van der Waals surface area contributed by atoms with Gasteiger partial charge >= 0.3 is 0 Å². The Kier molecular flexibility index (Phi) is 5.85. The number of rotatable bonds is 7. The summed E-state index contributed by atoms with van der Waals surface area (Å²) in [5, 5.41) is 11.4. The first-order valence-electron chi connectivity index (χ1n) is 10.4. The van der Waals surface area contributed by atoms with Crippen molar-refractivity contribution in [3.8, 4) is 0 Å². The van der Waals surface area contributed by atoms with Gasteiger partial charge in [-0.1, -0.05) is 24.3 Å². The van der Waals surface area contributed by atoms with Crippen LogP contribution < -0.4 is 15.8 Å². The van der Waals surface area contributed by atoms with E-state index < -0.39 is 10.0 Å². The molecule has 1 saturated carbocycles. The van der Waals surface area contributed by atoms with E-state index in [-0.39, 0.29) is 40.4 Å². The SMILES string of the molecule is CN=C(NCCc1ccc(S(N)(=O)=O)cc1)NCCN1C(=O)C2C3C=CC(C3)C2C1=O. The van der Waals surface area contributed by atoms with E-state index in [0.717, 1.165) is 12.0 Å². The molecule has 1 saturated heterocycles. The number of nitrogens with zero attached hydrogens (tertiary/aromatic N) is 2. The number of sulfonamides is 1. The number of benzene rings is 1. The molecule has 1 aliphatic heterocycles. The van der Waals surface area contributed by atoms with Crippen LogP contribution in [-0.2, 0) is 26.0 Å². The number of guanidine groups is 1. The Morgan fingerprint density at radius 2 is 1.65 bits per heavy atom. The number of fused-ring (bicyclic) bond motifs is 5. The average Bonchev–Trinajstić information content (AvgIpc) is 3.42. The molecule has 2 fully saturated rings. The molecular formula is C21H27N5O4S. The first-order chi connectivity index (χ1) is 14.8. The third-order valence-corrected chi connectivity index (χ3v) is 7.30. The predicted molar refractivity (Wildman–Crippen MR) is 115 cm³/mol. The second-order valence-corrected chi connectivity index (χ2v) is 9.75. The molecule has 0 aromatic heterocycles. The molecule has 4 atom stereocenters. The molecule has 31 heavy (non-hydrogen) atoms. The van der Waals surface area contributed by atoms with E-state index >= 15 is 0 Å². The Bertz CT molecular complexity index is 1000. The first-order valence-corrected chi connectivity index (χ1v) is 11.9. The third kappa shape index (κ3) is 4.22. The van der Waals surface area contributed by atoms with Crippen LogP contribution in [0.15, 0.2) is 46.3 Å². The molecule has 9 nitrogen and oxygen atoms in total. The standard InChI is InChI=1S/C21H27N5O4S/c1-23-21(24-9-8-13-2-6-16(7-3-13)31(22,29)30)25-10-11-26-19(27)17-14-4-5-15(12-14)18(17)20(26)28/h2-7,14-15,17-18H,8-12H2,1H3,(H2,22,29,30)(H2,23,24,25). The van der Waals surface area contributed by atoms with E-state index in [9.17, 15) is 18.0 Å². The van der Waals surface area contributed by atoms with Crippen molar-refractivity contribution in [2.24, 2.45) is 33.8 Å². The minimum absolute atomic E-state index is 0.0421. The van der Waals surface area contributed by atoms with Gasteiger partial charge in [-0.05, 0) is 42.4 Å². The topological polar surface area (TPSA) is 134 Å². The number of primary sulfonamides is 1. The van der Waals surface area contributed by atoms with Gasteiger partial charge in [-0.15, -0.1) is 0 Å². The lowest BCUT2D eigenvalue weighted by Crippen LogP contribution is -2.44. The highest BCUT2D eigenvalue weighted by molar-refractivity contribution is 7.89. The number of carbonyl (C=O) groups excluding carboxylic acids is 2. The van der Waals surface area contributed by atoms with Crippen molar-refractivity contribution in [1.82, 2.24) is 15.5 Å². The fraction of sp³-hybridized carbons (Fsp3) is 0.476. The normalized spacial score (nSPS) is 27.2. The molecule has 4 unspecified atom stereocenters. The smallest absolute Gasteiger partial charge is 0.238 e. The lowest BCUT2D eigenvalue weighted by Gasteiger charge is -2.18. The summed E-state index contributed by atoms with van der Waals surface area (Å²) in [6, 6.07) is 6.42. The van der Waals surface area contributed by atoms with Crippen LogP contribution in [0.5, 0.6) is 0 Å². The van der Waals surface area contributed by atoms with Crippen LogP contribution in [-0.4, -0.2) is 57.8 Å². The highest BCUT2D eigenvalue weighted by Gasteiger charge is 2.58. The molecular weight excluding hydrogens is 418 g/mol. The molecule has 166 valence electrons. The zero-order valence-corrected chi connectivity index (χ0v) is 18.1. The number of hydrogen-bond acceptors (Lipinski definition) is 5. The lowest BCUT2D eigenvalue weighted by molar-refractivity contribution is -0.140. The van der Waals surface area contributed by atoms with E-state index in [1.807, 2.05) is 0 Å². The summed E-state index contributed by atoms with van der Waals surface area (Å²) in [6.07, 6.45) is 5.77. The molecule has 2 amide bonds. The molecule has 10 heteroatoms. The van der Waals surface area contributed by atoms with Gasteiger partial charge in [0.05, 0.1) is 16.7 Å². The van der Waals surface area contributed by atoms with Crippen molar-refractivity contribution in [1.29, 1.82) is 0 Å². The molecule has 2 bridgehead atoms. The molecule has 3 aliphatic rings. The number of imide groups is 1. The van der Waals surface area contributed by atoms with Gasteiger partial charge in [0.15, 0.2) is 5.96 Å². The second-order valence-electron chi connectivity index (χ2n) is 8.19. The Morgan fingerprint density at radius 3 is 2.19 bits per heavy atom. The van der Waals surface area contributed by atoms with Gasteiger partial charge in [0.2, 0.25) is 21.8 Å². The van der Waals surface area contributed by atoms with Gasteiger partial charge in [-0.25, -0.2) is 13.6 Å². The zero-order chi connectivity index (χ0) is 22.2. The van der Waals surface area contributed by atoms with E-state index in [4.69, 9.17) is 5.14 Å². The Hall–Kier alpha value is -2.72. The molecule has 4 N–H and O–H groups in total. The number of likely N-dealkylation sites (tertiary alicyclic amines) is 1. The van der Waals surface area contributed by atoms with Gasteiger partial charge in [-0.2, -0.15) is 0 Å². The van der Waals surface area contributed by atoms with Crippen molar-refractivity contribution in [3.63, 3.8) is 0 Å². The summed E-state index contributed by atoms with van der Waals surface area (Å²) in [6.45, 7) is 1.32. The minimum Gasteiger partial charge on any atom is -0.356 e. The van der Waals surface area contributed by atoms with Gasteiger partial charge in [0.25, 0.3) is 0 Å². The minimum atomic E-state index is -3.69. The first kappa shape index (κ1) is 21.5. The van der Waals surface area contributed by atoms with E-state index in [1.165, 1.54) is 17.0 Å². The summed E-state index contributed by atoms with van der Waals surface area (Å²) < 4.78 is 22.6. The molecule has 0 spiro atoms. The number of hydrogen-bond donors (Lipinski definition) is 3. The van der Waals surface area contributed by atoms with Gasteiger partial charge in [0.1, 0.15) is 0 Å². The lowest BCUT2D eigenvalue weighted by atomic mass is 9.85. The van der Waals surface area contributed by atoms with Crippen LogP contribution in [0.2, 0.25) is 0 Å². The number of nitrogens with one attached hydrogen (secondary N) is 2. The van der Waals surface area contributed by atoms with Crippen molar-refractivity contribution >= 4 is 27.8 Å². The van der Waals surface area contributed by atoms with Gasteiger partial charge in [0, 0.05) is 26.7 Å². The number of nitrogens with two attached hydrogens (primary N) is 1. The van der Waals surface area contributed by atoms with Crippen LogP contribution in [0.1, 0.15) is 12.0 Å². The molecule has 1 aromatic carbocycles. The highest BCUT2D eigenvalue weighted by atomic mass is 32.2. The molecule has 0 radical (unpaired) electrons. The Labute approximate surface area is 181 Å². The van der Waals surface area contributed by atoms with Crippen molar-refractivity contribution in [2.45, 2.75) is 17.7 Å². The van der Waals surface area contributed by atoms with E-state index in [1.54, 1.807) is 19.2 Å². The van der Waals surface area contributed by atoms with Crippen LogP contribution in [0.3, 0.4) is 0 Å². The van der Waals surface area contributed by atoms with E-state index in [0.29, 0.717) is 32.0 Å². The predicted octanol–water partition coefficient (Wildman–Crippen LogP) is -0.151. The van der Waals surface area contributed by atoms with Gasteiger partial charge < -0.3 is 10.6 Å². The maximum atomic E-state index is 12.7. The summed E-state index contributed by atoms with van der Waals surface area (Å²) in [5.74, 6) is 0.596. The summed E-state index contributed by atoms with van der Waals surface area (Å²) in [5.41, 5.74) is 0.957. The fourth-order valence-electron chi connectivity index (χ4n) is 4.86. The number of amides is 2. The Morgan fingerprint density at radius 1 is 1.06 bits per heavy atom. The number of carbonyl (C=O) groups is 2. The summed E-state index contributed by atoms with van der Waals surface area (Å²) in [7, 11) is -2.04. The maximum absolute atomic E-state index is 12.7. The number of allylic oxidation sites excluding steroid dienone is 2. The van der Waals surface area contributed by atoms with E-state index in [2.05, 4.69) is 27.8 Å². The quantitative estimate of drug-likeness (QED) is 0.231. The van der Waals surface area contributed by atoms with Crippen LogP contribution in [0, 0.1) is 23.7 Å². The van der Waals surface area contributed by atoms with Crippen molar-refractivity contribution < 1.29 is 18.0 Å². The highest BCUT2D eigenvalue weighted by Crippen LogP contribution is 2.52. The summed E-state index contributed by atoms with van der Waals surface area (Å²) >= 11 is 0. The third-order valence-electron chi connectivity index (χ3n) is 6.37. The Balaban J connectivity index is 1.22. The summed E-state index contributed by atoms with van der Waals surface area (Å²) in [4.78, 5) is 31.0. The average molecular weight is 446 g/mol.